The van der Waals surface area contributed by atoms with Crippen LogP contribution >= 0.6 is 0 Å². The summed E-state index contributed by atoms with van der Waals surface area (Å²) in [5.74, 6) is 2.99. The summed E-state index contributed by atoms with van der Waals surface area (Å²) in [7, 11) is 0. The van der Waals surface area contributed by atoms with Gasteiger partial charge in [-0.25, -0.2) is 9.98 Å². The summed E-state index contributed by atoms with van der Waals surface area (Å²) < 4.78 is 12.0. The van der Waals surface area contributed by atoms with Gasteiger partial charge < -0.3 is 19.3 Å². The highest BCUT2D eigenvalue weighted by molar-refractivity contribution is 5.80. The molecular weight excluding hydrogens is 364 g/mol. The molecule has 0 atom stereocenters. The molecule has 29 heavy (non-hydrogen) atoms. The Bertz CT molecular complexity index is 956. The normalized spacial score (nSPS) is 20.6. The molecule has 4 heterocycles. The Morgan fingerprint density at radius 3 is 2.76 bits per heavy atom. The first-order valence-electron chi connectivity index (χ1n) is 10.4. The fourth-order valence-electron chi connectivity index (χ4n) is 3.95. The number of aliphatic imine (C=N–C) groups is 1. The van der Waals surface area contributed by atoms with E-state index in [1.54, 1.807) is 0 Å². The van der Waals surface area contributed by atoms with E-state index in [-0.39, 0.29) is 6.10 Å². The van der Waals surface area contributed by atoms with Crippen LogP contribution in [0.4, 0.5) is 5.82 Å². The first-order valence-corrected chi connectivity index (χ1v) is 10.4. The maximum Gasteiger partial charge on any atom is 0.167 e. The van der Waals surface area contributed by atoms with E-state index in [1.807, 2.05) is 24.4 Å². The van der Waals surface area contributed by atoms with E-state index in [0.717, 1.165) is 75.1 Å². The largest absolute Gasteiger partial charge is 0.487 e. The summed E-state index contributed by atoms with van der Waals surface area (Å²) in [6.07, 6.45) is 8.07. The third-order valence-electron chi connectivity index (χ3n) is 5.58. The molecule has 0 N–H and O–H groups in total. The first-order chi connectivity index (χ1) is 14.4. The van der Waals surface area contributed by atoms with Gasteiger partial charge in [0.1, 0.15) is 17.7 Å². The van der Waals surface area contributed by atoms with Crippen molar-refractivity contribution in [3.63, 3.8) is 0 Å². The molecule has 6 heteroatoms. The van der Waals surface area contributed by atoms with Gasteiger partial charge in [-0.1, -0.05) is 24.3 Å². The van der Waals surface area contributed by atoms with Crippen molar-refractivity contribution in [1.82, 2.24) is 9.88 Å². The van der Waals surface area contributed by atoms with Crippen LogP contribution < -0.4 is 4.90 Å². The SMILES string of the molecule is C1=CCCC(OC2CN(c3ccc4ccccc4n3)C2)=C(N2CCOCC2)N=C1. The van der Waals surface area contributed by atoms with Crippen molar-refractivity contribution in [2.24, 2.45) is 4.99 Å². The van der Waals surface area contributed by atoms with Crippen LogP contribution in [0.3, 0.4) is 0 Å². The number of nitrogens with zero attached hydrogens (tertiary/aromatic N) is 4. The van der Waals surface area contributed by atoms with Gasteiger partial charge >= 0.3 is 0 Å². The Morgan fingerprint density at radius 1 is 1.00 bits per heavy atom. The van der Waals surface area contributed by atoms with Gasteiger partial charge in [-0.05, 0) is 30.7 Å². The Morgan fingerprint density at radius 2 is 1.86 bits per heavy atom. The number of rotatable bonds is 4. The zero-order valence-corrected chi connectivity index (χ0v) is 16.5. The predicted molar refractivity (Wildman–Crippen MR) is 115 cm³/mol. The molecule has 6 nitrogen and oxygen atoms in total. The van der Waals surface area contributed by atoms with Crippen molar-refractivity contribution >= 4 is 22.9 Å². The second kappa shape index (κ2) is 8.25. The fourth-order valence-corrected chi connectivity index (χ4v) is 3.95. The van der Waals surface area contributed by atoms with E-state index in [9.17, 15) is 0 Å². The van der Waals surface area contributed by atoms with E-state index in [2.05, 4.69) is 40.1 Å². The van der Waals surface area contributed by atoms with Crippen molar-refractivity contribution in [2.45, 2.75) is 18.9 Å². The number of aromatic nitrogens is 1. The lowest BCUT2D eigenvalue weighted by Gasteiger charge is -2.41. The number of morpholine rings is 1. The van der Waals surface area contributed by atoms with Gasteiger partial charge in [0.15, 0.2) is 5.82 Å². The van der Waals surface area contributed by atoms with Crippen molar-refractivity contribution in [1.29, 1.82) is 0 Å². The smallest absolute Gasteiger partial charge is 0.167 e. The summed E-state index contributed by atoms with van der Waals surface area (Å²) >= 11 is 0. The maximum atomic E-state index is 6.45. The molecule has 5 rings (SSSR count). The number of hydrogen-bond acceptors (Lipinski definition) is 6. The molecule has 3 aliphatic heterocycles. The quantitative estimate of drug-likeness (QED) is 0.801. The second-order valence-electron chi connectivity index (χ2n) is 7.60. The van der Waals surface area contributed by atoms with Crippen molar-refractivity contribution in [3.8, 4) is 0 Å². The van der Waals surface area contributed by atoms with Gasteiger partial charge in [-0.15, -0.1) is 0 Å². The highest BCUT2D eigenvalue weighted by Gasteiger charge is 2.31. The van der Waals surface area contributed by atoms with Crippen LogP contribution in [0, 0.1) is 0 Å². The Hall–Kier alpha value is -2.86. The third-order valence-corrected chi connectivity index (χ3v) is 5.58. The molecule has 2 fully saturated rings. The summed E-state index contributed by atoms with van der Waals surface area (Å²) in [6.45, 7) is 4.91. The van der Waals surface area contributed by atoms with Gasteiger partial charge in [0.05, 0.1) is 31.8 Å². The lowest BCUT2D eigenvalue weighted by atomic mass is 10.1. The molecule has 0 amide bonds. The molecule has 3 aliphatic rings. The van der Waals surface area contributed by atoms with Crippen LogP contribution in [0.2, 0.25) is 0 Å². The van der Waals surface area contributed by atoms with E-state index >= 15 is 0 Å². The molecule has 0 bridgehead atoms. The van der Waals surface area contributed by atoms with E-state index in [0.29, 0.717) is 0 Å². The van der Waals surface area contributed by atoms with Gasteiger partial charge in [-0.2, -0.15) is 0 Å². The zero-order chi connectivity index (χ0) is 19.5. The highest BCUT2D eigenvalue weighted by Crippen LogP contribution is 2.28. The van der Waals surface area contributed by atoms with Gasteiger partial charge in [0.25, 0.3) is 0 Å². The van der Waals surface area contributed by atoms with Gasteiger partial charge in [-0.3, -0.25) is 0 Å². The van der Waals surface area contributed by atoms with E-state index in [4.69, 9.17) is 19.5 Å². The van der Waals surface area contributed by atoms with Crippen molar-refractivity contribution < 1.29 is 9.47 Å². The average molecular weight is 390 g/mol. The second-order valence-corrected chi connectivity index (χ2v) is 7.60. The lowest BCUT2D eigenvalue weighted by Crippen LogP contribution is -2.52. The summed E-state index contributed by atoms with van der Waals surface area (Å²) in [4.78, 5) is 14.1. The average Bonchev–Trinajstić information content (AvgIpc) is 2.72. The number of para-hydroxylation sites is 1. The van der Waals surface area contributed by atoms with Crippen LogP contribution in [0.5, 0.6) is 0 Å². The lowest BCUT2D eigenvalue weighted by molar-refractivity contribution is 0.0406. The Labute approximate surface area is 171 Å². The molecule has 1 aromatic heterocycles. The number of allylic oxidation sites excluding steroid dienone is 3. The standard InChI is InChI=1S/C23H26N4O2/c1-2-8-21(23(24-11-5-1)26-12-14-28-15-13-26)29-19-16-27(17-19)22-10-9-18-6-3-4-7-20(18)25-22/h1,3-7,9-11,19H,2,8,12-17H2. The predicted octanol–water partition coefficient (Wildman–Crippen LogP) is 3.36. The van der Waals surface area contributed by atoms with Gasteiger partial charge in [0, 0.05) is 31.1 Å². The number of anilines is 1. The summed E-state index contributed by atoms with van der Waals surface area (Å²) in [5.41, 5.74) is 1.04. The number of fused-ring (bicyclic) bond motifs is 1. The van der Waals surface area contributed by atoms with Crippen molar-refractivity contribution in [2.75, 3.05) is 44.3 Å². The minimum atomic E-state index is 0.174. The zero-order valence-electron chi connectivity index (χ0n) is 16.5. The minimum absolute atomic E-state index is 0.174. The molecule has 1 aromatic carbocycles. The molecule has 2 aromatic rings. The van der Waals surface area contributed by atoms with Crippen LogP contribution in [0.25, 0.3) is 10.9 Å². The third kappa shape index (κ3) is 3.98. The van der Waals surface area contributed by atoms with Crippen LogP contribution in [0.1, 0.15) is 12.8 Å². The van der Waals surface area contributed by atoms with Crippen LogP contribution in [0.15, 0.2) is 65.1 Å². The highest BCUT2D eigenvalue weighted by atomic mass is 16.5. The van der Waals surface area contributed by atoms with Crippen LogP contribution in [-0.2, 0) is 9.47 Å². The molecule has 0 unspecified atom stereocenters. The maximum absolute atomic E-state index is 6.45. The summed E-state index contributed by atoms with van der Waals surface area (Å²) in [5, 5.41) is 1.17. The molecule has 0 saturated carbocycles. The topological polar surface area (TPSA) is 50.2 Å². The summed E-state index contributed by atoms with van der Waals surface area (Å²) in [6, 6.07) is 12.5. The Balaban J connectivity index is 1.28. The first kappa shape index (κ1) is 18.2. The molecule has 0 aliphatic carbocycles. The van der Waals surface area contributed by atoms with E-state index in [1.165, 1.54) is 5.39 Å². The molecule has 150 valence electrons. The minimum Gasteiger partial charge on any atom is -0.487 e. The van der Waals surface area contributed by atoms with Gasteiger partial charge in [0.2, 0.25) is 0 Å². The van der Waals surface area contributed by atoms with Crippen molar-refractivity contribution in [3.05, 3.63) is 60.1 Å². The number of ether oxygens (including phenoxy) is 2. The molecule has 2 saturated heterocycles. The molecule has 0 spiro atoms. The van der Waals surface area contributed by atoms with Crippen LogP contribution in [-0.4, -0.2) is 61.6 Å². The Kier molecular flexibility index (Phi) is 5.17. The van der Waals surface area contributed by atoms with E-state index < -0.39 is 0 Å². The number of pyridine rings is 1. The number of hydrogen-bond donors (Lipinski definition) is 0. The molecule has 0 radical (unpaired) electrons. The fraction of sp³-hybridized carbons (Fsp3) is 0.391. The number of benzene rings is 1. The molecular formula is C23H26N4O2. The monoisotopic (exact) mass is 390 g/mol.